The summed E-state index contributed by atoms with van der Waals surface area (Å²) in [5.41, 5.74) is -0.466. The van der Waals surface area contributed by atoms with Crippen LogP contribution in [0.2, 0.25) is 0 Å². The molecule has 4 heteroatoms. The molecule has 0 aliphatic heterocycles. The smallest absolute Gasteiger partial charge is 0.168 e. The zero-order valence-corrected chi connectivity index (χ0v) is 7.14. The van der Waals surface area contributed by atoms with Gasteiger partial charge in [-0.3, -0.25) is 0 Å². The van der Waals surface area contributed by atoms with Gasteiger partial charge in [-0.15, -0.1) is 0 Å². The zero-order chi connectivity index (χ0) is 10.6. The maximum Gasteiger partial charge on any atom is 0.168 e. The Labute approximate surface area is 78.9 Å². The Morgan fingerprint density at radius 3 is 2.43 bits per heavy atom. The Morgan fingerprint density at radius 1 is 1.14 bits per heavy atom. The van der Waals surface area contributed by atoms with E-state index in [9.17, 15) is 18.0 Å². The first-order valence-corrected chi connectivity index (χ1v) is 3.90. The standard InChI is InChI=1S/C10H7F3O/c11-8-4-5-9(12)10(13)7(8)3-1-2-6-14/h1,3-6H,2H2. The van der Waals surface area contributed by atoms with Gasteiger partial charge in [-0.25, -0.2) is 13.2 Å². The Balaban J connectivity index is 3.06. The molecule has 0 aliphatic carbocycles. The number of halogens is 3. The fourth-order valence-electron chi connectivity index (χ4n) is 0.937. The van der Waals surface area contributed by atoms with Crippen molar-refractivity contribution in [2.24, 2.45) is 0 Å². The monoisotopic (exact) mass is 200 g/mol. The average Bonchev–Trinajstić information content (AvgIpc) is 2.18. The summed E-state index contributed by atoms with van der Waals surface area (Å²) in [6.07, 6.45) is 2.91. The number of aldehydes is 1. The molecule has 0 atom stereocenters. The molecule has 0 aromatic heterocycles. The normalized spacial score (nSPS) is 10.8. The van der Waals surface area contributed by atoms with Crippen LogP contribution < -0.4 is 0 Å². The van der Waals surface area contributed by atoms with Crippen LogP contribution >= 0.6 is 0 Å². The van der Waals surface area contributed by atoms with Crippen molar-refractivity contribution in [3.05, 3.63) is 41.2 Å². The van der Waals surface area contributed by atoms with Crippen LogP contribution in [0.25, 0.3) is 6.08 Å². The highest BCUT2D eigenvalue weighted by Gasteiger charge is 2.10. The van der Waals surface area contributed by atoms with Gasteiger partial charge in [0.15, 0.2) is 11.6 Å². The third kappa shape index (κ3) is 2.22. The van der Waals surface area contributed by atoms with Crippen molar-refractivity contribution in [3.8, 4) is 0 Å². The number of carbonyl (C=O) groups excluding carboxylic acids is 1. The van der Waals surface area contributed by atoms with Crippen LogP contribution in [0.4, 0.5) is 13.2 Å². The van der Waals surface area contributed by atoms with E-state index in [0.717, 1.165) is 12.1 Å². The summed E-state index contributed by atoms with van der Waals surface area (Å²) >= 11 is 0. The summed E-state index contributed by atoms with van der Waals surface area (Å²) in [5.74, 6) is -3.21. The lowest BCUT2D eigenvalue weighted by molar-refractivity contribution is -0.107. The van der Waals surface area contributed by atoms with Gasteiger partial charge in [0, 0.05) is 12.0 Å². The predicted molar refractivity (Wildman–Crippen MR) is 46.0 cm³/mol. The molecule has 0 radical (unpaired) electrons. The van der Waals surface area contributed by atoms with E-state index in [1.54, 1.807) is 0 Å². The SMILES string of the molecule is O=CCC=Cc1c(F)ccc(F)c1F. The highest BCUT2D eigenvalue weighted by Crippen LogP contribution is 2.17. The van der Waals surface area contributed by atoms with Crippen molar-refractivity contribution in [3.63, 3.8) is 0 Å². The van der Waals surface area contributed by atoms with Crippen LogP contribution in [0.3, 0.4) is 0 Å². The maximum absolute atomic E-state index is 12.9. The van der Waals surface area contributed by atoms with Gasteiger partial charge in [-0.05, 0) is 12.1 Å². The van der Waals surface area contributed by atoms with E-state index in [2.05, 4.69) is 0 Å². The Bertz CT molecular complexity index is 372. The van der Waals surface area contributed by atoms with E-state index in [0.29, 0.717) is 12.4 Å². The molecular formula is C10H7F3O. The largest absolute Gasteiger partial charge is 0.303 e. The Kier molecular flexibility index (Phi) is 3.45. The molecule has 0 saturated carbocycles. The number of benzene rings is 1. The van der Waals surface area contributed by atoms with Gasteiger partial charge in [-0.2, -0.15) is 0 Å². The molecule has 0 saturated heterocycles. The predicted octanol–water partition coefficient (Wildman–Crippen LogP) is 2.71. The molecular weight excluding hydrogens is 193 g/mol. The minimum atomic E-state index is -1.24. The summed E-state index contributed by atoms with van der Waals surface area (Å²) in [5, 5.41) is 0. The van der Waals surface area contributed by atoms with Crippen molar-refractivity contribution >= 4 is 12.4 Å². The van der Waals surface area contributed by atoms with Gasteiger partial charge in [0.25, 0.3) is 0 Å². The molecule has 74 valence electrons. The number of hydrogen-bond donors (Lipinski definition) is 0. The highest BCUT2D eigenvalue weighted by molar-refractivity contribution is 5.58. The number of rotatable bonds is 3. The quantitative estimate of drug-likeness (QED) is 0.541. The third-order valence-corrected chi connectivity index (χ3v) is 1.60. The number of carbonyl (C=O) groups is 1. The van der Waals surface area contributed by atoms with Crippen molar-refractivity contribution in [2.75, 3.05) is 0 Å². The molecule has 0 aliphatic rings. The van der Waals surface area contributed by atoms with Crippen LogP contribution in [0.15, 0.2) is 18.2 Å². The van der Waals surface area contributed by atoms with Gasteiger partial charge < -0.3 is 4.79 Å². The first-order valence-electron chi connectivity index (χ1n) is 3.90. The molecule has 0 bridgehead atoms. The molecule has 0 fully saturated rings. The van der Waals surface area contributed by atoms with E-state index in [4.69, 9.17) is 0 Å². The molecule has 0 amide bonds. The van der Waals surface area contributed by atoms with Gasteiger partial charge in [0.1, 0.15) is 12.1 Å². The van der Waals surface area contributed by atoms with Crippen molar-refractivity contribution in [2.45, 2.75) is 6.42 Å². The number of allylic oxidation sites excluding steroid dienone is 1. The lowest BCUT2D eigenvalue weighted by Gasteiger charge is -1.99. The van der Waals surface area contributed by atoms with Gasteiger partial charge in [0.05, 0.1) is 0 Å². The van der Waals surface area contributed by atoms with Crippen LogP contribution in [0.5, 0.6) is 0 Å². The van der Waals surface area contributed by atoms with Gasteiger partial charge in [0.2, 0.25) is 0 Å². The topological polar surface area (TPSA) is 17.1 Å². The summed E-state index contributed by atoms with van der Waals surface area (Å²) in [7, 11) is 0. The Morgan fingerprint density at radius 2 is 1.79 bits per heavy atom. The molecule has 0 unspecified atom stereocenters. The second kappa shape index (κ2) is 4.60. The lowest BCUT2D eigenvalue weighted by Crippen LogP contribution is -1.92. The van der Waals surface area contributed by atoms with Crippen LogP contribution in [0.1, 0.15) is 12.0 Å². The highest BCUT2D eigenvalue weighted by atomic mass is 19.2. The average molecular weight is 200 g/mol. The molecule has 0 heterocycles. The van der Waals surface area contributed by atoms with Crippen LogP contribution in [0, 0.1) is 17.5 Å². The summed E-state index contributed by atoms with van der Waals surface area (Å²) in [6, 6.07) is 1.54. The number of hydrogen-bond acceptors (Lipinski definition) is 1. The van der Waals surface area contributed by atoms with E-state index in [1.807, 2.05) is 0 Å². The van der Waals surface area contributed by atoms with Gasteiger partial charge >= 0.3 is 0 Å². The first kappa shape index (κ1) is 10.5. The van der Waals surface area contributed by atoms with Crippen molar-refractivity contribution in [1.82, 2.24) is 0 Å². The van der Waals surface area contributed by atoms with E-state index in [-0.39, 0.29) is 6.42 Å². The second-order valence-electron chi connectivity index (χ2n) is 2.56. The summed E-state index contributed by atoms with van der Waals surface area (Å²) < 4.78 is 38.5. The summed E-state index contributed by atoms with van der Waals surface area (Å²) in [6.45, 7) is 0. The van der Waals surface area contributed by atoms with E-state index in [1.165, 1.54) is 6.08 Å². The fourth-order valence-corrected chi connectivity index (χ4v) is 0.937. The zero-order valence-electron chi connectivity index (χ0n) is 7.14. The lowest BCUT2D eigenvalue weighted by atomic mass is 10.1. The molecule has 0 spiro atoms. The molecule has 1 nitrogen and oxygen atoms in total. The van der Waals surface area contributed by atoms with Gasteiger partial charge in [-0.1, -0.05) is 12.2 Å². The molecule has 1 rings (SSSR count). The molecule has 1 aromatic rings. The van der Waals surface area contributed by atoms with Crippen LogP contribution in [-0.2, 0) is 4.79 Å². The van der Waals surface area contributed by atoms with E-state index >= 15 is 0 Å². The Hall–Kier alpha value is -1.58. The summed E-state index contributed by atoms with van der Waals surface area (Å²) in [4.78, 5) is 9.92. The first-order chi connectivity index (χ1) is 6.66. The minimum absolute atomic E-state index is 0.0371. The maximum atomic E-state index is 12.9. The second-order valence-corrected chi connectivity index (χ2v) is 2.56. The van der Waals surface area contributed by atoms with Crippen molar-refractivity contribution in [1.29, 1.82) is 0 Å². The van der Waals surface area contributed by atoms with E-state index < -0.39 is 23.0 Å². The molecule has 0 N–H and O–H groups in total. The molecule has 14 heavy (non-hydrogen) atoms. The van der Waals surface area contributed by atoms with Crippen molar-refractivity contribution < 1.29 is 18.0 Å². The fraction of sp³-hybridized carbons (Fsp3) is 0.100. The minimum Gasteiger partial charge on any atom is -0.303 e. The third-order valence-electron chi connectivity index (χ3n) is 1.60. The van der Waals surface area contributed by atoms with Crippen LogP contribution in [-0.4, -0.2) is 6.29 Å². The molecule has 1 aromatic carbocycles.